The Bertz CT molecular complexity index is 776. The lowest BCUT2D eigenvalue weighted by molar-refractivity contribution is 0.466. The number of phenols is 1. The third-order valence-electron chi connectivity index (χ3n) is 4.54. The molecule has 1 N–H and O–H groups in total. The lowest BCUT2D eigenvalue weighted by Crippen LogP contribution is -2.19. The highest BCUT2D eigenvalue weighted by atomic mass is 16.3. The Kier molecular flexibility index (Phi) is 4.99. The molecule has 0 atom stereocenters. The van der Waals surface area contributed by atoms with Crippen LogP contribution in [-0.2, 0) is 10.8 Å². The molecule has 132 valence electrons. The minimum atomic E-state index is -0.0936. The zero-order valence-electron chi connectivity index (χ0n) is 16.4. The number of aromatic hydroxyl groups is 1. The first kappa shape index (κ1) is 19.1. The Balaban J connectivity index is 2.97. The predicted molar refractivity (Wildman–Crippen MR) is 111 cm³/mol. The molecule has 0 spiro atoms. The molecule has 2 rings (SSSR count). The fraction of sp³-hybridized carbons (Fsp3) is 0.333. The van der Waals surface area contributed by atoms with Gasteiger partial charge in [0.05, 0.1) is 0 Å². The molecule has 0 fully saturated rings. The van der Waals surface area contributed by atoms with Crippen LogP contribution in [0.5, 0.6) is 5.75 Å². The van der Waals surface area contributed by atoms with Crippen LogP contribution in [0.15, 0.2) is 43.5 Å². The number of hydrogen-bond donors (Lipinski definition) is 1. The normalized spacial score (nSPS) is 12.1. The molecule has 0 aliphatic rings. The van der Waals surface area contributed by atoms with Crippen LogP contribution in [0, 0.1) is 0 Å². The number of benzene rings is 2. The molecule has 25 heavy (non-hydrogen) atoms. The van der Waals surface area contributed by atoms with Crippen molar-refractivity contribution < 1.29 is 5.11 Å². The van der Waals surface area contributed by atoms with E-state index in [-0.39, 0.29) is 10.8 Å². The summed E-state index contributed by atoms with van der Waals surface area (Å²) in [5.41, 5.74) is 6.61. The summed E-state index contributed by atoms with van der Waals surface area (Å²) in [5, 5.41) is 10.4. The Hall–Kier alpha value is -2.28. The summed E-state index contributed by atoms with van der Waals surface area (Å²) in [6, 6.07) is 10.1. The number of rotatable bonds is 3. The van der Waals surface area contributed by atoms with E-state index in [0.717, 1.165) is 27.8 Å². The highest BCUT2D eigenvalue weighted by molar-refractivity contribution is 5.82. The smallest absolute Gasteiger partial charge is 0.116 e. The SMILES string of the molecule is C=Cc1ccc(-c2c(C(C)(C)C)cc(O)cc2C(C)(C)C)c(C=C)c1. The van der Waals surface area contributed by atoms with Gasteiger partial charge in [-0.05, 0) is 62.4 Å². The van der Waals surface area contributed by atoms with Gasteiger partial charge in [-0.2, -0.15) is 0 Å². The van der Waals surface area contributed by atoms with Crippen molar-refractivity contribution in [2.45, 2.75) is 52.4 Å². The van der Waals surface area contributed by atoms with E-state index in [1.807, 2.05) is 24.3 Å². The molecule has 1 heteroatoms. The summed E-state index contributed by atoms with van der Waals surface area (Å²) in [6.45, 7) is 21.0. The molecular formula is C24H30O. The third kappa shape index (κ3) is 3.87. The maximum absolute atomic E-state index is 10.4. The van der Waals surface area contributed by atoms with Crippen LogP contribution in [0.3, 0.4) is 0 Å². The van der Waals surface area contributed by atoms with Crippen molar-refractivity contribution in [3.63, 3.8) is 0 Å². The zero-order chi connectivity index (χ0) is 19.0. The molecule has 0 radical (unpaired) electrons. The minimum Gasteiger partial charge on any atom is -0.508 e. The van der Waals surface area contributed by atoms with Gasteiger partial charge in [0.2, 0.25) is 0 Å². The maximum atomic E-state index is 10.4. The first-order chi connectivity index (χ1) is 11.5. The monoisotopic (exact) mass is 334 g/mol. The Morgan fingerprint density at radius 1 is 0.800 bits per heavy atom. The predicted octanol–water partition coefficient (Wildman–Crippen LogP) is 6.94. The van der Waals surface area contributed by atoms with Crippen LogP contribution in [0.4, 0.5) is 0 Å². The highest BCUT2D eigenvalue weighted by Crippen LogP contribution is 2.44. The van der Waals surface area contributed by atoms with E-state index in [1.165, 1.54) is 5.56 Å². The molecule has 0 saturated heterocycles. The highest BCUT2D eigenvalue weighted by Gasteiger charge is 2.28. The number of hydrogen-bond acceptors (Lipinski definition) is 1. The summed E-state index contributed by atoms with van der Waals surface area (Å²) < 4.78 is 0. The van der Waals surface area contributed by atoms with Crippen molar-refractivity contribution in [1.82, 2.24) is 0 Å². The Labute approximate surface area is 152 Å². The van der Waals surface area contributed by atoms with Crippen molar-refractivity contribution in [2.75, 3.05) is 0 Å². The molecule has 0 bridgehead atoms. The topological polar surface area (TPSA) is 20.2 Å². The average Bonchev–Trinajstić information content (AvgIpc) is 2.52. The fourth-order valence-electron chi connectivity index (χ4n) is 3.20. The van der Waals surface area contributed by atoms with Crippen molar-refractivity contribution in [3.05, 3.63) is 65.7 Å². The van der Waals surface area contributed by atoms with Gasteiger partial charge in [0.1, 0.15) is 5.75 Å². The summed E-state index contributed by atoms with van der Waals surface area (Å²) in [5.74, 6) is 0.321. The van der Waals surface area contributed by atoms with Crippen molar-refractivity contribution in [3.8, 4) is 16.9 Å². The molecule has 2 aromatic carbocycles. The molecule has 0 saturated carbocycles. The van der Waals surface area contributed by atoms with E-state index in [0.29, 0.717) is 5.75 Å². The van der Waals surface area contributed by atoms with E-state index < -0.39 is 0 Å². The molecule has 0 aliphatic carbocycles. The standard InChI is InChI=1S/C24H30O/c1-9-16-11-12-19(17(10-2)13-16)22-20(23(3,4)5)14-18(25)15-21(22)24(6,7)8/h9-15,25H,1-2H2,3-8H3. The second-order valence-electron chi connectivity index (χ2n) is 8.67. The van der Waals surface area contributed by atoms with E-state index in [9.17, 15) is 5.11 Å². The molecular weight excluding hydrogens is 304 g/mol. The minimum absolute atomic E-state index is 0.0936. The van der Waals surface area contributed by atoms with Crippen LogP contribution in [-0.4, -0.2) is 5.11 Å². The average molecular weight is 335 g/mol. The number of phenolic OH excluding ortho intramolecular Hbond substituents is 1. The molecule has 0 heterocycles. The summed E-state index contributed by atoms with van der Waals surface area (Å²) in [4.78, 5) is 0. The van der Waals surface area contributed by atoms with Gasteiger partial charge < -0.3 is 5.11 Å². The third-order valence-corrected chi connectivity index (χ3v) is 4.54. The van der Waals surface area contributed by atoms with Gasteiger partial charge >= 0.3 is 0 Å². The largest absolute Gasteiger partial charge is 0.508 e. The van der Waals surface area contributed by atoms with Gasteiger partial charge in [-0.3, -0.25) is 0 Å². The molecule has 0 amide bonds. The van der Waals surface area contributed by atoms with Gasteiger partial charge in [-0.15, -0.1) is 0 Å². The zero-order valence-corrected chi connectivity index (χ0v) is 16.4. The first-order valence-corrected chi connectivity index (χ1v) is 8.76. The van der Waals surface area contributed by atoms with Crippen LogP contribution >= 0.6 is 0 Å². The molecule has 1 nitrogen and oxygen atoms in total. The first-order valence-electron chi connectivity index (χ1n) is 8.76. The lowest BCUT2D eigenvalue weighted by Gasteiger charge is -2.31. The van der Waals surface area contributed by atoms with Gasteiger partial charge in [0.15, 0.2) is 0 Å². The van der Waals surface area contributed by atoms with Crippen LogP contribution in [0.25, 0.3) is 23.3 Å². The summed E-state index contributed by atoms with van der Waals surface area (Å²) in [6.07, 6.45) is 3.75. The molecule has 0 aliphatic heterocycles. The molecule has 2 aromatic rings. The summed E-state index contributed by atoms with van der Waals surface area (Å²) in [7, 11) is 0. The lowest BCUT2D eigenvalue weighted by atomic mass is 9.73. The van der Waals surface area contributed by atoms with E-state index in [1.54, 1.807) is 0 Å². The molecule has 0 aromatic heterocycles. The quantitative estimate of drug-likeness (QED) is 0.644. The van der Waals surface area contributed by atoms with E-state index in [2.05, 4.69) is 72.9 Å². The summed E-state index contributed by atoms with van der Waals surface area (Å²) >= 11 is 0. The van der Waals surface area contributed by atoms with Crippen molar-refractivity contribution in [1.29, 1.82) is 0 Å². The van der Waals surface area contributed by atoms with Crippen LogP contribution in [0.2, 0.25) is 0 Å². The van der Waals surface area contributed by atoms with E-state index in [4.69, 9.17) is 0 Å². The van der Waals surface area contributed by atoms with Crippen molar-refractivity contribution >= 4 is 12.2 Å². The molecule has 0 unspecified atom stereocenters. The van der Waals surface area contributed by atoms with Gasteiger partial charge in [-0.1, -0.05) is 79.0 Å². The van der Waals surface area contributed by atoms with Crippen molar-refractivity contribution in [2.24, 2.45) is 0 Å². The Morgan fingerprint density at radius 2 is 1.32 bits per heavy atom. The second-order valence-corrected chi connectivity index (χ2v) is 8.67. The van der Waals surface area contributed by atoms with Gasteiger partial charge in [0, 0.05) is 0 Å². The van der Waals surface area contributed by atoms with Crippen LogP contribution in [0.1, 0.15) is 63.8 Å². The van der Waals surface area contributed by atoms with Crippen LogP contribution < -0.4 is 0 Å². The fourth-order valence-corrected chi connectivity index (χ4v) is 3.20. The van der Waals surface area contributed by atoms with E-state index >= 15 is 0 Å². The van der Waals surface area contributed by atoms with Gasteiger partial charge in [-0.25, -0.2) is 0 Å². The second kappa shape index (κ2) is 6.55. The maximum Gasteiger partial charge on any atom is 0.116 e. The van der Waals surface area contributed by atoms with Gasteiger partial charge in [0.25, 0.3) is 0 Å². The Morgan fingerprint density at radius 3 is 1.72 bits per heavy atom.